The van der Waals surface area contributed by atoms with Crippen molar-refractivity contribution < 1.29 is 8.42 Å². The second-order valence-corrected chi connectivity index (χ2v) is 11.3. The summed E-state index contributed by atoms with van der Waals surface area (Å²) in [5.74, 6) is 0.744. The van der Waals surface area contributed by atoms with Crippen LogP contribution in [0.5, 0.6) is 0 Å². The van der Waals surface area contributed by atoms with E-state index in [1.807, 2.05) is 41.1 Å². The van der Waals surface area contributed by atoms with E-state index in [0.717, 1.165) is 30.7 Å². The first kappa shape index (κ1) is 22.5. The summed E-state index contributed by atoms with van der Waals surface area (Å²) in [7, 11) is -3.48. The summed E-state index contributed by atoms with van der Waals surface area (Å²) in [4.78, 5) is 7.12. The number of benzene rings is 2. The maximum atomic E-state index is 13.2. The number of fused-ring (bicyclic) bond motifs is 1. The number of piperazine rings is 1. The van der Waals surface area contributed by atoms with Crippen molar-refractivity contribution in [1.29, 1.82) is 0 Å². The van der Waals surface area contributed by atoms with Crippen LogP contribution < -0.4 is 0 Å². The molecular weight excluding hydrogens is 454 g/mol. The molecule has 5 rings (SSSR count). The molecule has 0 amide bonds. The van der Waals surface area contributed by atoms with Crippen molar-refractivity contribution in [2.24, 2.45) is 0 Å². The average Bonchev–Trinajstić information content (AvgIpc) is 3.19. The third kappa shape index (κ3) is 4.68. The summed E-state index contributed by atoms with van der Waals surface area (Å²) in [6.07, 6.45) is 4.35. The van der Waals surface area contributed by atoms with Crippen LogP contribution in [-0.4, -0.2) is 58.6 Å². The first-order valence-corrected chi connectivity index (χ1v) is 13.3. The quantitative estimate of drug-likeness (QED) is 0.560. The molecule has 1 aromatic heterocycles. The minimum absolute atomic E-state index is 0.426. The molecular formula is C24H29N5O2S2. The zero-order valence-electron chi connectivity index (χ0n) is 18.8. The molecule has 0 bridgehead atoms. The normalized spacial score (nSPS) is 17.7. The van der Waals surface area contributed by atoms with Gasteiger partial charge in [-0.25, -0.2) is 13.1 Å². The third-order valence-electron chi connectivity index (χ3n) is 6.63. The SMILES string of the molecule is Cc1ccc(-c2nc(=S)n(CN3CCN(S(=O)(=O)c4ccc5c(c4)CCCC5)CC3)[nH]2)cc1. The topological polar surface area (TPSA) is 74.2 Å². The van der Waals surface area contributed by atoms with Crippen LogP contribution in [0, 0.1) is 11.7 Å². The second kappa shape index (κ2) is 9.13. The number of hydrogen-bond donors (Lipinski definition) is 1. The van der Waals surface area contributed by atoms with Gasteiger partial charge in [0, 0.05) is 31.7 Å². The Morgan fingerprint density at radius 2 is 1.67 bits per heavy atom. The Balaban J connectivity index is 1.24. The summed E-state index contributed by atoms with van der Waals surface area (Å²) in [6.45, 7) is 4.83. The van der Waals surface area contributed by atoms with Gasteiger partial charge in [0.1, 0.15) is 0 Å². The maximum Gasteiger partial charge on any atom is 0.243 e. The molecule has 3 aromatic rings. The second-order valence-electron chi connectivity index (χ2n) is 8.95. The number of rotatable bonds is 5. The monoisotopic (exact) mass is 483 g/mol. The van der Waals surface area contributed by atoms with Gasteiger partial charge in [-0.1, -0.05) is 35.9 Å². The van der Waals surface area contributed by atoms with E-state index in [-0.39, 0.29) is 0 Å². The Morgan fingerprint density at radius 1 is 0.970 bits per heavy atom. The minimum Gasteiger partial charge on any atom is -0.282 e. The van der Waals surface area contributed by atoms with E-state index >= 15 is 0 Å². The highest BCUT2D eigenvalue weighted by Gasteiger charge is 2.29. The summed E-state index contributed by atoms with van der Waals surface area (Å²) >= 11 is 5.45. The average molecular weight is 484 g/mol. The molecule has 1 saturated heterocycles. The van der Waals surface area contributed by atoms with Gasteiger partial charge in [-0.15, -0.1) is 0 Å². The zero-order chi connectivity index (χ0) is 23.0. The van der Waals surface area contributed by atoms with E-state index in [4.69, 9.17) is 12.2 Å². The van der Waals surface area contributed by atoms with Crippen LogP contribution in [0.25, 0.3) is 11.4 Å². The van der Waals surface area contributed by atoms with Crippen molar-refractivity contribution in [2.45, 2.75) is 44.2 Å². The number of aromatic amines is 1. The Hall–Kier alpha value is -2.33. The van der Waals surface area contributed by atoms with Gasteiger partial charge in [0.25, 0.3) is 0 Å². The molecule has 0 saturated carbocycles. The van der Waals surface area contributed by atoms with Crippen LogP contribution >= 0.6 is 12.2 Å². The molecule has 0 spiro atoms. The van der Waals surface area contributed by atoms with Gasteiger partial charge in [-0.05, 0) is 68.1 Å². The van der Waals surface area contributed by atoms with Gasteiger partial charge in [0.15, 0.2) is 5.82 Å². The molecule has 1 aliphatic heterocycles. The molecule has 1 N–H and O–H groups in total. The van der Waals surface area contributed by atoms with E-state index in [1.165, 1.54) is 23.1 Å². The molecule has 0 unspecified atom stereocenters. The molecule has 0 radical (unpaired) electrons. The van der Waals surface area contributed by atoms with E-state index in [9.17, 15) is 8.42 Å². The molecule has 0 atom stereocenters. The van der Waals surface area contributed by atoms with Gasteiger partial charge in [0.05, 0.1) is 11.6 Å². The number of aromatic nitrogens is 3. The highest BCUT2D eigenvalue weighted by Crippen LogP contribution is 2.26. The zero-order valence-corrected chi connectivity index (χ0v) is 20.5. The predicted molar refractivity (Wildman–Crippen MR) is 131 cm³/mol. The Morgan fingerprint density at radius 3 is 2.39 bits per heavy atom. The summed E-state index contributed by atoms with van der Waals surface area (Å²) in [5, 5.41) is 3.29. The largest absolute Gasteiger partial charge is 0.282 e. The number of nitrogens with zero attached hydrogens (tertiary/aromatic N) is 4. The van der Waals surface area contributed by atoms with Gasteiger partial charge in [0.2, 0.25) is 14.8 Å². The van der Waals surface area contributed by atoms with Crippen LogP contribution in [0.3, 0.4) is 0 Å². The number of aryl methyl sites for hydroxylation is 3. The van der Waals surface area contributed by atoms with Gasteiger partial charge >= 0.3 is 0 Å². The number of sulfonamides is 1. The van der Waals surface area contributed by atoms with Crippen LogP contribution in [0.2, 0.25) is 0 Å². The molecule has 1 aliphatic carbocycles. The molecule has 33 heavy (non-hydrogen) atoms. The summed E-state index contributed by atoms with van der Waals surface area (Å²) in [5.41, 5.74) is 4.68. The lowest BCUT2D eigenvalue weighted by atomic mass is 9.92. The molecule has 7 nitrogen and oxygen atoms in total. The van der Waals surface area contributed by atoms with Crippen LogP contribution in [0.1, 0.15) is 29.5 Å². The van der Waals surface area contributed by atoms with E-state index in [0.29, 0.717) is 42.5 Å². The number of H-pyrrole nitrogens is 1. The maximum absolute atomic E-state index is 13.2. The molecule has 1 fully saturated rings. The minimum atomic E-state index is -3.48. The molecule has 174 valence electrons. The number of nitrogens with one attached hydrogen (secondary N) is 1. The van der Waals surface area contributed by atoms with E-state index in [2.05, 4.69) is 21.9 Å². The van der Waals surface area contributed by atoms with Gasteiger partial charge in [-0.3, -0.25) is 10.00 Å². The van der Waals surface area contributed by atoms with Gasteiger partial charge in [-0.2, -0.15) is 9.29 Å². The Kier molecular flexibility index (Phi) is 6.22. The lowest BCUT2D eigenvalue weighted by Crippen LogP contribution is -2.48. The van der Waals surface area contributed by atoms with Gasteiger partial charge < -0.3 is 0 Å². The first-order chi connectivity index (χ1) is 15.9. The fourth-order valence-corrected chi connectivity index (χ4v) is 6.29. The Bertz CT molecular complexity index is 1300. The molecule has 2 aromatic carbocycles. The Labute approximate surface area is 200 Å². The third-order valence-corrected chi connectivity index (χ3v) is 8.84. The summed E-state index contributed by atoms with van der Waals surface area (Å²) in [6, 6.07) is 13.8. The van der Waals surface area contributed by atoms with Crippen molar-refractivity contribution >= 4 is 22.2 Å². The smallest absolute Gasteiger partial charge is 0.243 e. The van der Waals surface area contributed by atoms with Crippen molar-refractivity contribution in [1.82, 2.24) is 24.0 Å². The summed E-state index contributed by atoms with van der Waals surface area (Å²) < 4.78 is 30.4. The molecule has 2 aliphatic rings. The lowest BCUT2D eigenvalue weighted by Gasteiger charge is -2.34. The fraction of sp³-hybridized carbons (Fsp3) is 0.417. The highest BCUT2D eigenvalue weighted by molar-refractivity contribution is 7.89. The molecule has 9 heteroatoms. The number of hydrogen-bond acceptors (Lipinski definition) is 5. The standard InChI is InChI=1S/C24H29N5O2S2/c1-18-6-8-20(9-7-18)23-25-24(32)29(26-23)17-27-12-14-28(15-13-27)33(30,31)22-11-10-19-4-2-3-5-21(19)16-22/h6-11,16H,2-5,12-15,17H2,1H3,(H,25,26,32). The van der Waals surface area contributed by atoms with Crippen molar-refractivity contribution in [3.63, 3.8) is 0 Å². The van der Waals surface area contributed by atoms with Crippen molar-refractivity contribution in [3.8, 4) is 11.4 Å². The van der Waals surface area contributed by atoms with Crippen molar-refractivity contribution in [3.05, 3.63) is 63.9 Å². The van der Waals surface area contributed by atoms with Crippen LogP contribution in [-0.2, 0) is 29.5 Å². The van der Waals surface area contributed by atoms with Crippen LogP contribution in [0.4, 0.5) is 0 Å². The first-order valence-electron chi connectivity index (χ1n) is 11.5. The highest BCUT2D eigenvalue weighted by atomic mass is 32.2. The molecule has 2 heterocycles. The van der Waals surface area contributed by atoms with Crippen molar-refractivity contribution in [2.75, 3.05) is 26.2 Å². The fourth-order valence-electron chi connectivity index (χ4n) is 4.62. The van der Waals surface area contributed by atoms with E-state index < -0.39 is 10.0 Å². The van der Waals surface area contributed by atoms with E-state index in [1.54, 1.807) is 10.4 Å². The predicted octanol–water partition coefficient (Wildman–Crippen LogP) is 3.76. The lowest BCUT2D eigenvalue weighted by molar-refractivity contribution is 0.145. The van der Waals surface area contributed by atoms with Crippen LogP contribution in [0.15, 0.2) is 47.4 Å².